The van der Waals surface area contributed by atoms with Gasteiger partial charge in [0.05, 0.1) is 6.42 Å². The fourth-order valence-corrected chi connectivity index (χ4v) is 2.19. The van der Waals surface area contributed by atoms with Crippen molar-refractivity contribution in [1.29, 1.82) is 0 Å². The van der Waals surface area contributed by atoms with Gasteiger partial charge in [0.25, 0.3) is 0 Å². The second kappa shape index (κ2) is 5.17. The van der Waals surface area contributed by atoms with Crippen molar-refractivity contribution >= 4 is 22.6 Å². The standard InChI is InChI=1S/C16H15N3O/c1-11-3-2-7-18-16(11)19-15(20)10-12-4-5-14-13(9-12)6-8-17-14/h2-9,17H,10H2,1H3,(H,18,19,20). The van der Waals surface area contributed by atoms with E-state index in [0.29, 0.717) is 12.2 Å². The average molecular weight is 265 g/mol. The number of anilines is 1. The van der Waals surface area contributed by atoms with E-state index in [1.165, 1.54) is 0 Å². The van der Waals surface area contributed by atoms with Gasteiger partial charge >= 0.3 is 0 Å². The zero-order valence-corrected chi connectivity index (χ0v) is 11.2. The molecule has 2 aromatic heterocycles. The number of carbonyl (C=O) groups is 1. The van der Waals surface area contributed by atoms with Crippen molar-refractivity contribution in [2.45, 2.75) is 13.3 Å². The van der Waals surface area contributed by atoms with E-state index >= 15 is 0 Å². The Balaban J connectivity index is 1.74. The monoisotopic (exact) mass is 265 g/mol. The third-order valence-corrected chi connectivity index (χ3v) is 3.25. The summed E-state index contributed by atoms with van der Waals surface area (Å²) in [6.07, 6.45) is 3.91. The number of fused-ring (bicyclic) bond motifs is 1. The number of carbonyl (C=O) groups excluding carboxylic acids is 1. The molecule has 0 saturated heterocycles. The number of hydrogen-bond acceptors (Lipinski definition) is 2. The second-order valence-electron chi connectivity index (χ2n) is 4.79. The van der Waals surface area contributed by atoms with Crippen LogP contribution in [0.5, 0.6) is 0 Å². The zero-order valence-electron chi connectivity index (χ0n) is 11.2. The molecule has 20 heavy (non-hydrogen) atoms. The molecule has 0 aliphatic rings. The first-order chi connectivity index (χ1) is 9.72. The number of aromatic amines is 1. The van der Waals surface area contributed by atoms with Crippen molar-refractivity contribution in [1.82, 2.24) is 9.97 Å². The lowest BCUT2D eigenvalue weighted by atomic mass is 10.1. The molecule has 2 N–H and O–H groups in total. The van der Waals surface area contributed by atoms with E-state index < -0.39 is 0 Å². The number of H-pyrrole nitrogens is 1. The van der Waals surface area contributed by atoms with E-state index in [1.807, 2.05) is 49.5 Å². The van der Waals surface area contributed by atoms with Crippen molar-refractivity contribution in [3.05, 3.63) is 59.9 Å². The normalized spacial score (nSPS) is 10.7. The third-order valence-electron chi connectivity index (χ3n) is 3.25. The first kappa shape index (κ1) is 12.4. The molecule has 1 amide bonds. The quantitative estimate of drug-likeness (QED) is 0.764. The topological polar surface area (TPSA) is 57.8 Å². The highest BCUT2D eigenvalue weighted by Gasteiger charge is 2.07. The fraction of sp³-hybridized carbons (Fsp3) is 0.125. The van der Waals surface area contributed by atoms with Crippen LogP contribution in [0.3, 0.4) is 0 Å². The van der Waals surface area contributed by atoms with Gasteiger partial charge in [-0.2, -0.15) is 0 Å². The molecule has 0 saturated carbocycles. The van der Waals surface area contributed by atoms with Gasteiger partial charge in [0.1, 0.15) is 5.82 Å². The Morgan fingerprint density at radius 1 is 1.30 bits per heavy atom. The fourth-order valence-electron chi connectivity index (χ4n) is 2.19. The lowest BCUT2D eigenvalue weighted by Crippen LogP contribution is -2.16. The van der Waals surface area contributed by atoms with E-state index in [9.17, 15) is 4.79 Å². The molecule has 100 valence electrons. The molecule has 3 aromatic rings. The number of pyridine rings is 1. The van der Waals surface area contributed by atoms with Gasteiger partial charge in [-0.15, -0.1) is 0 Å². The molecule has 2 heterocycles. The van der Waals surface area contributed by atoms with Crippen LogP contribution in [0.2, 0.25) is 0 Å². The maximum atomic E-state index is 12.0. The summed E-state index contributed by atoms with van der Waals surface area (Å²) in [5.41, 5.74) is 3.03. The molecule has 0 unspecified atom stereocenters. The average Bonchev–Trinajstić information content (AvgIpc) is 2.89. The molecule has 0 spiro atoms. The highest BCUT2D eigenvalue weighted by atomic mass is 16.1. The minimum Gasteiger partial charge on any atom is -0.361 e. The van der Waals surface area contributed by atoms with E-state index in [-0.39, 0.29) is 5.91 Å². The summed E-state index contributed by atoms with van der Waals surface area (Å²) in [5.74, 6) is 0.571. The molecule has 0 radical (unpaired) electrons. The van der Waals surface area contributed by atoms with E-state index in [4.69, 9.17) is 0 Å². The van der Waals surface area contributed by atoms with Crippen molar-refractivity contribution in [3.63, 3.8) is 0 Å². The van der Waals surface area contributed by atoms with Crippen LogP contribution in [-0.2, 0) is 11.2 Å². The Morgan fingerprint density at radius 2 is 2.20 bits per heavy atom. The van der Waals surface area contributed by atoms with Gasteiger partial charge in [-0.25, -0.2) is 4.98 Å². The molecule has 4 nitrogen and oxygen atoms in total. The first-order valence-electron chi connectivity index (χ1n) is 6.50. The van der Waals surface area contributed by atoms with Gasteiger partial charge in [-0.3, -0.25) is 4.79 Å². The maximum absolute atomic E-state index is 12.0. The van der Waals surface area contributed by atoms with Crippen LogP contribution in [0.25, 0.3) is 10.9 Å². The molecular formula is C16H15N3O. The van der Waals surface area contributed by atoms with Crippen molar-refractivity contribution < 1.29 is 4.79 Å². The van der Waals surface area contributed by atoms with Crippen LogP contribution >= 0.6 is 0 Å². The number of rotatable bonds is 3. The molecule has 0 aliphatic heterocycles. The summed E-state index contributed by atoms with van der Waals surface area (Å²) < 4.78 is 0. The van der Waals surface area contributed by atoms with Crippen LogP contribution in [0.1, 0.15) is 11.1 Å². The number of amides is 1. The third kappa shape index (κ3) is 2.54. The first-order valence-corrected chi connectivity index (χ1v) is 6.50. The predicted molar refractivity (Wildman–Crippen MR) is 79.6 cm³/mol. The van der Waals surface area contributed by atoms with Gasteiger partial charge in [-0.1, -0.05) is 12.1 Å². The molecule has 0 atom stereocenters. The number of nitrogens with one attached hydrogen (secondary N) is 2. The van der Waals surface area contributed by atoms with Crippen LogP contribution in [0.15, 0.2) is 48.8 Å². The molecule has 3 rings (SSSR count). The van der Waals surface area contributed by atoms with Gasteiger partial charge in [0.15, 0.2) is 0 Å². The summed E-state index contributed by atoms with van der Waals surface area (Å²) in [5, 5.41) is 3.96. The van der Waals surface area contributed by atoms with Crippen LogP contribution in [-0.4, -0.2) is 15.9 Å². The van der Waals surface area contributed by atoms with Crippen molar-refractivity contribution in [3.8, 4) is 0 Å². The lowest BCUT2D eigenvalue weighted by molar-refractivity contribution is -0.115. The molecule has 4 heteroatoms. The summed E-state index contributed by atoms with van der Waals surface area (Å²) >= 11 is 0. The lowest BCUT2D eigenvalue weighted by Gasteiger charge is -2.07. The van der Waals surface area contributed by atoms with Crippen LogP contribution < -0.4 is 5.32 Å². The highest BCUT2D eigenvalue weighted by molar-refractivity contribution is 5.92. The molecular weight excluding hydrogens is 250 g/mol. The summed E-state index contributed by atoms with van der Waals surface area (Å²) in [7, 11) is 0. The highest BCUT2D eigenvalue weighted by Crippen LogP contribution is 2.15. The number of hydrogen-bond donors (Lipinski definition) is 2. The zero-order chi connectivity index (χ0) is 13.9. The van der Waals surface area contributed by atoms with E-state index in [1.54, 1.807) is 6.20 Å². The minimum atomic E-state index is -0.0540. The van der Waals surface area contributed by atoms with Gasteiger partial charge in [0.2, 0.25) is 5.91 Å². The Kier molecular flexibility index (Phi) is 3.21. The number of aryl methyl sites for hydroxylation is 1. The number of nitrogens with zero attached hydrogens (tertiary/aromatic N) is 1. The van der Waals surface area contributed by atoms with E-state index in [0.717, 1.165) is 22.0 Å². The maximum Gasteiger partial charge on any atom is 0.229 e. The Labute approximate surface area is 116 Å². The number of aromatic nitrogens is 2. The van der Waals surface area contributed by atoms with Crippen LogP contribution in [0.4, 0.5) is 5.82 Å². The SMILES string of the molecule is Cc1cccnc1NC(=O)Cc1ccc2[nH]ccc2c1. The minimum absolute atomic E-state index is 0.0540. The predicted octanol–water partition coefficient (Wildman–Crippen LogP) is 3.05. The Hall–Kier alpha value is -2.62. The number of benzene rings is 1. The van der Waals surface area contributed by atoms with Crippen LogP contribution in [0, 0.1) is 6.92 Å². The second-order valence-corrected chi connectivity index (χ2v) is 4.79. The van der Waals surface area contributed by atoms with Crippen molar-refractivity contribution in [2.24, 2.45) is 0 Å². The Morgan fingerprint density at radius 3 is 3.05 bits per heavy atom. The van der Waals surface area contributed by atoms with Gasteiger partial charge in [0, 0.05) is 17.9 Å². The molecule has 1 aromatic carbocycles. The molecule has 0 bridgehead atoms. The van der Waals surface area contributed by atoms with Crippen molar-refractivity contribution in [2.75, 3.05) is 5.32 Å². The smallest absolute Gasteiger partial charge is 0.229 e. The summed E-state index contributed by atoms with van der Waals surface area (Å²) in [6, 6.07) is 11.8. The van der Waals surface area contributed by atoms with Gasteiger partial charge in [-0.05, 0) is 47.7 Å². The largest absolute Gasteiger partial charge is 0.361 e. The summed E-state index contributed by atoms with van der Waals surface area (Å²) in [6.45, 7) is 1.93. The van der Waals surface area contributed by atoms with Gasteiger partial charge < -0.3 is 10.3 Å². The summed E-state index contributed by atoms with van der Waals surface area (Å²) in [4.78, 5) is 19.4. The molecule has 0 fully saturated rings. The molecule has 0 aliphatic carbocycles. The van der Waals surface area contributed by atoms with E-state index in [2.05, 4.69) is 15.3 Å². The Bertz CT molecular complexity index is 761.